The number of benzene rings is 2. The van der Waals surface area contributed by atoms with Crippen molar-refractivity contribution in [3.8, 4) is 0 Å². The van der Waals surface area contributed by atoms with Crippen LogP contribution in [0.5, 0.6) is 0 Å². The van der Waals surface area contributed by atoms with E-state index in [0.717, 1.165) is 34.6 Å². The topological polar surface area (TPSA) is 42.1 Å². The van der Waals surface area contributed by atoms with Crippen LogP contribution >= 0.6 is 0 Å². The van der Waals surface area contributed by atoms with Crippen LogP contribution in [0, 0.1) is 0 Å². The number of nitrogen functional groups attached to an aromatic ring is 1. The van der Waals surface area contributed by atoms with Crippen LogP contribution in [0.1, 0.15) is 6.92 Å². The lowest BCUT2D eigenvalue weighted by molar-refractivity contribution is 0.997. The molecule has 0 spiro atoms. The summed E-state index contributed by atoms with van der Waals surface area (Å²) >= 11 is 0. The Balaban J connectivity index is 2.06. The minimum Gasteiger partial charge on any atom is -0.399 e. The molecule has 0 radical (unpaired) electrons. The van der Waals surface area contributed by atoms with Gasteiger partial charge in [-0.1, -0.05) is 18.2 Å². The SMILES string of the molecule is CCN(c1ccccc1)c1ccc2cc(N)ccc2n1. The van der Waals surface area contributed by atoms with Crippen molar-refractivity contribution in [1.29, 1.82) is 0 Å². The Kier molecular flexibility index (Phi) is 3.25. The number of nitrogens with zero attached hydrogens (tertiary/aromatic N) is 2. The quantitative estimate of drug-likeness (QED) is 0.727. The van der Waals surface area contributed by atoms with Crippen LogP contribution in [-0.2, 0) is 0 Å². The van der Waals surface area contributed by atoms with E-state index in [1.165, 1.54) is 0 Å². The molecule has 0 aliphatic carbocycles. The Morgan fingerprint density at radius 2 is 1.80 bits per heavy atom. The largest absolute Gasteiger partial charge is 0.399 e. The minimum atomic E-state index is 0.766. The van der Waals surface area contributed by atoms with Crippen LogP contribution in [0.15, 0.2) is 60.7 Å². The summed E-state index contributed by atoms with van der Waals surface area (Å²) in [7, 11) is 0. The molecular formula is C17H17N3. The van der Waals surface area contributed by atoms with Gasteiger partial charge in [-0.3, -0.25) is 0 Å². The molecule has 0 unspecified atom stereocenters. The molecule has 2 N–H and O–H groups in total. The molecule has 0 atom stereocenters. The van der Waals surface area contributed by atoms with Gasteiger partial charge in [-0.2, -0.15) is 0 Å². The maximum Gasteiger partial charge on any atom is 0.133 e. The van der Waals surface area contributed by atoms with E-state index < -0.39 is 0 Å². The highest BCUT2D eigenvalue weighted by molar-refractivity contribution is 5.84. The van der Waals surface area contributed by atoms with Gasteiger partial charge in [-0.15, -0.1) is 0 Å². The van der Waals surface area contributed by atoms with Crippen molar-refractivity contribution in [2.75, 3.05) is 17.2 Å². The molecule has 0 bridgehead atoms. The molecule has 0 fully saturated rings. The van der Waals surface area contributed by atoms with Crippen molar-refractivity contribution >= 4 is 28.1 Å². The molecule has 20 heavy (non-hydrogen) atoms. The first-order chi connectivity index (χ1) is 9.78. The molecule has 1 heterocycles. The number of hydrogen-bond acceptors (Lipinski definition) is 3. The lowest BCUT2D eigenvalue weighted by Crippen LogP contribution is -2.17. The molecular weight excluding hydrogens is 246 g/mol. The van der Waals surface area contributed by atoms with Gasteiger partial charge in [0.25, 0.3) is 0 Å². The van der Waals surface area contributed by atoms with E-state index in [0.29, 0.717) is 0 Å². The van der Waals surface area contributed by atoms with E-state index in [9.17, 15) is 0 Å². The molecule has 3 aromatic rings. The molecule has 0 saturated heterocycles. The number of nitrogens with two attached hydrogens (primary N) is 1. The van der Waals surface area contributed by atoms with Crippen molar-refractivity contribution in [2.45, 2.75) is 6.92 Å². The lowest BCUT2D eigenvalue weighted by Gasteiger charge is -2.22. The van der Waals surface area contributed by atoms with Gasteiger partial charge in [-0.25, -0.2) is 4.98 Å². The first kappa shape index (κ1) is 12.5. The molecule has 0 aliphatic rings. The summed E-state index contributed by atoms with van der Waals surface area (Å²) in [6.07, 6.45) is 0. The minimum absolute atomic E-state index is 0.766. The summed E-state index contributed by atoms with van der Waals surface area (Å²) in [5.41, 5.74) is 8.68. The molecule has 100 valence electrons. The highest BCUT2D eigenvalue weighted by Crippen LogP contribution is 2.25. The molecule has 0 amide bonds. The summed E-state index contributed by atoms with van der Waals surface area (Å²) in [4.78, 5) is 6.92. The number of anilines is 3. The molecule has 0 aliphatic heterocycles. The van der Waals surface area contributed by atoms with Gasteiger partial charge in [0.2, 0.25) is 0 Å². The molecule has 0 saturated carbocycles. The predicted molar refractivity (Wildman–Crippen MR) is 85.3 cm³/mol. The molecule has 2 aromatic carbocycles. The van der Waals surface area contributed by atoms with Gasteiger partial charge in [0.05, 0.1) is 5.52 Å². The fraction of sp³-hybridized carbons (Fsp3) is 0.118. The molecule has 3 nitrogen and oxygen atoms in total. The van der Waals surface area contributed by atoms with Crippen molar-refractivity contribution in [3.63, 3.8) is 0 Å². The number of para-hydroxylation sites is 1. The number of hydrogen-bond donors (Lipinski definition) is 1. The summed E-state index contributed by atoms with van der Waals surface area (Å²) < 4.78 is 0. The summed E-state index contributed by atoms with van der Waals surface area (Å²) in [5, 5.41) is 1.07. The van der Waals surface area contributed by atoms with Crippen LogP contribution < -0.4 is 10.6 Å². The van der Waals surface area contributed by atoms with E-state index >= 15 is 0 Å². The second-order valence-electron chi connectivity index (χ2n) is 4.70. The fourth-order valence-corrected chi connectivity index (χ4v) is 2.37. The first-order valence-corrected chi connectivity index (χ1v) is 6.77. The Hall–Kier alpha value is -2.55. The van der Waals surface area contributed by atoms with Gasteiger partial charge >= 0.3 is 0 Å². The molecule has 3 heteroatoms. The van der Waals surface area contributed by atoms with Crippen molar-refractivity contribution < 1.29 is 0 Å². The Bertz CT molecular complexity index is 723. The van der Waals surface area contributed by atoms with E-state index in [2.05, 4.69) is 30.0 Å². The summed E-state index contributed by atoms with van der Waals surface area (Å²) in [6.45, 7) is 3.00. The second-order valence-corrected chi connectivity index (χ2v) is 4.70. The Morgan fingerprint density at radius 1 is 1.00 bits per heavy atom. The average molecular weight is 263 g/mol. The smallest absolute Gasteiger partial charge is 0.133 e. The van der Waals surface area contributed by atoms with E-state index in [1.807, 2.05) is 42.5 Å². The standard InChI is InChI=1S/C17H17N3/c1-2-20(15-6-4-3-5-7-15)17-11-8-13-12-14(18)9-10-16(13)19-17/h3-12H,2,18H2,1H3. The number of pyridine rings is 1. The van der Waals surface area contributed by atoms with Gasteiger partial charge < -0.3 is 10.6 Å². The van der Waals surface area contributed by atoms with Crippen LogP contribution in [0.4, 0.5) is 17.2 Å². The van der Waals surface area contributed by atoms with Gasteiger partial charge in [-0.05, 0) is 49.4 Å². The van der Waals surface area contributed by atoms with Crippen molar-refractivity contribution in [1.82, 2.24) is 4.98 Å². The van der Waals surface area contributed by atoms with Gasteiger partial charge in [0.15, 0.2) is 0 Å². The second kappa shape index (κ2) is 5.21. The first-order valence-electron chi connectivity index (χ1n) is 6.77. The molecule has 3 rings (SSSR count). The van der Waals surface area contributed by atoms with Crippen LogP contribution in [-0.4, -0.2) is 11.5 Å². The lowest BCUT2D eigenvalue weighted by atomic mass is 10.2. The zero-order valence-corrected chi connectivity index (χ0v) is 11.5. The fourth-order valence-electron chi connectivity index (χ4n) is 2.37. The van der Waals surface area contributed by atoms with Crippen molar-refractivity contribution in [2.24, 2.45) is 0 Å². The average Bonchev–Trinajstić information content (AvgIpc) is 2.49. The number of aromatic nitrogens is 1. The highest BCUT2D eigenvalue weighted by atomic mass is 15.2. The maximum atomic E-state index is 5.80. The van der Waals surface area contributed by atoms with E-state index in [1.54, 1.807) is 0 Å². The number of rotatable bonds is 3. The summed E-state index contributed by atoms with van der Waals surface area (Å²) in [5.74, 6) is 0.955. The normalized spacial score (nSPS) is 10.7. The van der Waals surface area contributed by atoms with E-state index in [-0.39, 0.29) is 0 Å². The Labute approximate surface area is 118 Å². The third-order valence-corrected chi connectivity index (χ3v) is 3.36. The van der Waals surface area contributed by atoms with E-state index in [4.69, 9.17) is 10.7 Å². The Morgan fingerprint density at radius 3 is 2.55 bits per heavy atom. The monoisotopic (exact) mass is 263 g/mol. The van der Waals surface area contributed by atoms with Crippen LogP contribution in [0.3, 0.4) is 0 Å². The molecule has 1 aromatic heterocycles. The number of fused-ring (bicyclic) bond motifs is 1. The summed E-state index contributed by atoms with van der Waals surface area (Å²) in [6, 6.07) is 20.2. The predicted octanol–water partition coefficient (Wildman–Crippen LogP) is 3.98. The third kappa shape index (κ3) is 2.30. The van der Waals surface area contributed by atoms with Gasteiger partial charge in [0, 0.05) is 23.3 Å². The van der Waals surface area contributed by atoms with Crippen LogP contribution in [0.25, 0.3) is 10.9 Å². The van der Waals surface area contributed by atoms with Gasteiger partial charge in [0.1, 0.15) is 5.82 Å². The third-order valence-electron chi connectivity index (χ3n) is 3.36. The zero-order chi connectivity index (χ0) is 13.9. The highest BCUT2D eigenvalue weighted by Gasteiger charge is 2.08. The van der Waals surface area contributed by atoms with Crippen molar-refractivity contribution in [3.05, 3.63) is 60.7 Å². The van der Waals surface area contributed by atoms with Crippen LogP contribution in [0.2, 0.25) is 0 Å². The zero-order valence-electron chi connectivity index (χ0n) is 11.5. The maximum absolute atomic E-state index is 5.80.